The highest BCUT2D eigenvalue weighted by molar-refractivity contribution is 7.22. The lowest BCUT2D eigenvalue weighted by atomic mass is 9.61. The van der Waals surface area contributed by atoms with Gasteiger partial charge in [-0.3, -0.25) is 0 Å². The van der Waals surface area contributed by atoms with Gasteiger partial charge >= 0.3 is 0 Å². The molecule has 3 aliphatic rings. The first-order valence-corrected chi connectivity index (χ1v) is 22.7. The highest BCUT2D eigenvalue weighted by atomic mass is 32.1. The summed E-state index contributed by atoms with van der Waals surface area (Å²) < 4.78 is 1.28. The van der Waals surface area contributed by atoms with Crippen molar-refractivity contribution in [3.63, 3.8) is 0 Å². The first-order valence-electron chi connectivity index (χ1n) is 21.8. The quantitative estimate of drug-likeness (QED) is 0.159. The van der Waals surface area contributed by atoms with E-state index in [9.17, 15) is 0 Å². The summed E-state index contributed by atoms with van der Waals surface area (Å²) >= 11 is 1.81. The van der Waals surface area contributed by atoms with Crippen molar-refractivity contribution in [1.29, 1.82) is 0 Å². The molecule has 0 fully saturated rings. The van der Waals surface area contributed by atoms with Gasteiger partial charge in [0.05, 0.1) is 0 Å². The molecule has 6 nitrogen and oxygen atoms in total. The van der Waals surface area contributed by atoms with Crippen LogP contribution in [0.1, 0.15) is 45.2 Å². The molecule has 2 unspecified atom stereocenters. The number of nitrogens with zero attached hydrogens (tertiary/aromatic N) is 6. The van der Waals surface area contributed by atoms with Crippen LogP contribution in [0.2, 0.25) is 0 Å². The van der Waals surface area contributed by atoms with Crippen molar-refractivity contribution in [2.45, 2.75) is 11.8 Å². The predicted octanol–water partition coefficient (Wildman–Crippen LogP) is 13.9. The molecule has 3 aliphatic carbocycles. The van der Waals surface area contributed by atoms with Crippen LogP contribution in [0.15, 0.2) is 206 Å². The molecule has 3 heterocycles. The minimum Gasteiger partial charge on any atom is -0.208 e. The van der Waals surface area contributed by atoms with Gasteiger partial charge in [-0.1, -0.05) is 182 Å². The molecule has 3 aromatic heterocycles. The van der Waals surface area contributed by atoms with E-state index in [1.54, 1.807) is 0 Å². The van der Waals surface area contributed by atoms with E-state index in [0.29, 0.717) is 34.9 Å². The lowest BCUT2D eigenvalue weighted by Crippen LogP contribution is -2.27. The molecule has 0 aliphatic heterocycles. The third-order valence-electron chi connectivity index (χ3n) is 12.8. The zero-order chi connectivity index (χ0) is 42.8. The van der Waals surface area contributed by atoms with Crippen molar-refractivity contribution in [3.8, 4) is 78.8 Å². The number of hydrogen-bond donors (Lipinski definition) is 0. The van der Waals surface area contributed by atoms with Crippen LogP contribution in [0.5, 0.6) is 0 Å². The SMILES string of the molecule is c1ccc(-c2nc(-c3ccccc3)nc(-c3ccc4c(c3)C3c5ccccc5C4c4cc(-c5nc(-c6ccccc6)nc(-c6ccc(-c7cc8ccccc8s7)cc6)n5)ccc43)n2)cc1. The lowest BCUT2D eigenvalue weighted by molar-refractivity contribution is 0.754. The maximum Gasteiger partial charge on any atom is 0.164 e. The molecular weight excluding hydrogens is 813 g/mol. The molecular formula is C58H36N6S. The molecule has 2 bridgehead atoms. The Balaban J connectivity index is 0.908. The molecule has 0 amide bonds. The van der Waals surface area contributed by atoms with Gasteiger partial charge in [0.2, 0.25) is 0 Å². The van der Waals surface area contributed by atoms with Crippen LogP contribution in [0.4, 0.5) is 0 Å². The normalized spacial score (nSPS) is 14.5. The van der Waals surface area contributed by atoms with Gasteiger partial charge in [0.1, 0.15) is 0 Å². The maximum absolute atomic E-state index is 5.20. The number of benzene rings is 8. The number of hydrogen-bond acceptors (Lipinski definition) is 7. The summed E-state index contributed by atoms with van der Waals surface area (Å²) in [6, 6.07) is 72.4. The van der Waals surface area contributed by atoms with E-state index in [-0.39, 0.29) is 11.8 Å². The summed E-state index contributed by atoms with van der Waals surface area (Å²) in [5, 5.41) is 1.26. The highest BCUT2D eigenvalue weighted by Crippen LogP contribution is 2.56. The minimum absolute atomic E-state index is 0.0321. The number of rotatable bonds is 7. The number of fused-ring (bicyclic) bond motifs is 1. The van der Waals surface area contributed by atoms with Gasteiger partial charge in [0.25, 0.3) is 0 Å². The molecule has 2 atom stereocenters. The third kappa shape index (κ3) is 6.47. The van der Waals surface area contributed by atoms with Gasteiger partial charge in [0.15, 0.2) is 34.9 Å². The molecule has 0 radical (unpaired) electrons. The van der Waals surface area contributed by atoms with Gasteiger partial charge < -0.3 is 0 Å². The Morgan fingerprint density at radius 2 is 0.600 bits per heavy atom. The average molecular weight is 849 g/mol. The second-order valence-corrected chi connectivity index (χ2v) is 17.7. The van der Waals surface area contributed by atoms with E-state index < -0.39 is 0 Å². The van der Waals surface area contributed by atoms with E-state index in [1.807, 2.05) is 90.2 Å². The van der Waals surface area contributed by atoms with Crippen LogP contribution < -0.4 is 0 Å². The Kier molecular flexibility index (Phi) is 8.74. The smallest absolute Gasteiger partial charge is 0.164 e. The van der Waals surface area contributed by atoms with Gasteiger partial charge in [-0.05, 0) is 68.6 Å². The third-order valence-corrected chi connectivity index (χ3v) is 13.9. The Hall–Kier alpha value is -8.26. The summed E-state index contributed by atoms with van der Waals surface area (Å²) in [7, 11) is 0. The van der Waals surface area contributed by atoms with Gasteiger partial charge in [-0.15, -0.1) is 11.3 Å². The summed E-state index contributed by atoms with van der Waals surface area (Å²) in [6.07, 6.45) is 0. The molecule has 0 spiro atoms. The summed E-state index contributed by atoms with van der Waals surface area (Å²) in [4.78, 5) is 31.8. The monoisotopic (exact) mass is 848 g/mol. The number of aromatic nitrogens is 6. The van der Waals surface area contributed by atoms with Crippen molar-refractivity contribution in [1.82, 2.24) is 29.9 Å². The van der Waals surface area contributed by atoms with E-state index in [1.165, 1.54) is 53.9 Å². The molecule has 304 valence electrons. The van der Waals surface area contributed by atoms with E-state index in [4.69, 9.17) is 29.9 Å². The molecule has 65 heavy (non-hydrogen) atoms. The van der Waals surface area contributed by atoms with Crippen LogP contribution in [0.25, 0.3) is 88.9 Å². The maximum atomic E-state index is 5.20. The largest absolute Gasteiger partial charge is 0.208 e. The van der Waals surface area contributed by atoms with Crippen molar-refractivity contribution in [2.24, 2.45) is 0 Å². The van der Waals surface area contributed by atoms with Crippen molar-refractivity contribution in [3.05, 3.63) is 240 Å². The minimum atomic E-state index is 0.0321. The molecule has 0 N–H and O–H groups in total. The van der Waals surface area contributed by atoms with Crippen molar-refractivity contribution >= 4 is 21.4 Å². The first-order chi connectivity index (χ1) is 32.2. The highest BCUT2D eigenvalue weighted by Gasteiger charge is 2.41. The van der Waals surface area contributed by atoms with E-state index in [0.717, 1.165) is 33.4 Å². The zero-order valence-electron chi connectivity index (χ0n) is 34.9. The van der Waals surface area contributed by atoms with Gasteiger partial charge in [-0.25, -0.2) is 29.9 Å². The average Bonchev–Trinajstić information content (AvgIpc) is 3.83. The molecule has 0 saturated heterocycles. The van der Waals surface area contributed by atoms with Crippen LogP contribution in [-0.4, -0.2) is 29.9 Å². The fraction of sp³-hybridized carbons (Fsp3) is 0.0345. The molecule has 8 aromatic carbocycles. The fourth-order valence-electron chi connectivity index (χ4n) is 9.69. The van der Waals surface area contributed by atoms with Crippen molar-refractivity contribution < 1.29 is 0 Å². The fourth-order valence-corrected chi connectivity index (χ4v) is 10.8. The van der Waals surface area contributed by atoms with E-state index >= 15 is 0 Å². The van der Waals surface area contributed by atoms with Crippen LogP contribution in [0, 0.1) is 0 Å². The topological polar surface area (TPSA) is 77.3 Å². The van der Waals surface area contributed by atoms with Gasteiger partial charge in [0, 0.05) is 54.8 Å². The van der Waals surface area contributed by atoms with Crippen LogP contribution >= 0.6 is 11.3 Å². The summed E-state index contributed by atoms with van der Waals surface area (Å²) in [5.74, 6) is 3.96. The molecule has 14 rings (SSSR count). The van der Waals surface area contributed by atoms with Crippen LogP contribution in [0.3, 0.4) is 0 Å². The second-order valence-electron chi connectivity index (χ2n) is 16.6. The zero-order valence-corrected chi connectivity index (χ0v) is 35.7. The Morgan fingerprint density at radius 3 is 1.05 bits per heavy atom. The van der Waals surface area contributed by atoms with Crippen molar-refractivity contribution in [2.75, 3.05) is 0 Å². The predicted molar refractivity (Wildman–Crippen MR) is 261 cm³/mol. The lowest BCUT2D eigenvalue weighted by Gasteiger charge is -2.42. The number of thiophene rings is 1. The summed E-state index contributed by atoms with van der Waals surface area (Å²) in [6.45, 7) is 0. The van der Waals surface area contributed by atoms with E-state index in [2.05, 4.69) is 127 Å². The van der Waals surface area contributed by atoms with Crippen LogP contribution in [-0.2, 0) is 0 Å². The molecule has 7 heteroatoms. The van der Waals surface area contributed by atoms with Gasteiger partial charge in [-0.2, -0.15) is 0 Å². The Morgan fingerprint density at radius 1 is 0.262 bits per heavy atom. The first kappa shape index (κ1) is 37.3. The standard InChI is InChI=1S/C58H36N6S/c1-4-14-36(15-5-1)53-59-54(37-16-6-2-7-17-37)62-57(61-53)41-28-30-45-47(32-41)51-43-21-11-12-22-44(43)52(45)48-33-42(29-31-46(48)51)58-63-55(38-18-8-3-9-19-38)60-56(64-58)39-26-24-35(25-27-39)50-34-40-20-10-13-23-49(40)65-50/h1-34,51-52H. The Bertz CT molecular complexity index is 3520. The Labute approximate surface area is 379 Å². The summed E-state index contributed by atoms with van der Waals surface area (Å²) in [5.41, 5.74) is 14.7. The molecule has 11 aromatic rings. The molecule has 0 saturated carbocycles. The second kappa shape index (κ2) is 15.2.